The zero-order valence-electron chi connectivity index (χ0n) is 15.6. The Hall–Kier alpha value is -2.62. The van der Waals surface area contributed by atoms with Crippen LogP contribution in [0.15, 0.2) is 12.3 Å². The predicted octanol–water partition coefficient (Wildman–Crippen LogP) is 2.50. The van der Waals surface area contributed by atoms with Crippen LogP contribution in [0.1, 0.15) is 31.8 Å². The Bertz CT molecular complexity index is 847. The van der Waals surface area contributed by atoms with Gasteiger partial charge in [-0.15, -0.1) is 0 Å². The number of hydrogen-bond acceptors (Lipinski definition) is 8. The molecule has 0 bridgehead atoms. The van der Waals surface area contributed by atoms with Gasteiger partial charge in [0.2, 0.25) is 11.9 Å². The molecule has 1 aliphatic heterocycles. The van der Waals surface area contributed by atoms with Gasteiger partial charge in [0.15, 0.2) is 5.82 Å². The van der Waals surface area contributed by atoms with Crippen LogP contribution >= 0.6 is 0 Å². The van der Waals surface area contributed by atoms with Crippen molar-refractivity contribution in [2.75, 3.05) is 42.3 Å². The monoisotopic (exact) mass is 391 g/mol. The number of morpholine rings is 1. The number of aromatic nitrogens is 4. The molecule has 0 amide bonds. The molecule has 4 rings (SSSR count). The van der Waals surface area contributed by atoms with E-state index in [2.05, 4.69) is 25.3 Å². The van der Waals surface area contributed by atoms with Crippen molar-refractivity contribution in [3.63, 3.8) is 0 Å². The van der Waals surface area contributed by atoms with Crippen LogP contribution in [-0.4, -0.2) is 52.3 Å². The number of hydrogen-bond donors (Lipinski definition) is 2. The van der Waals surface area contributed by atoms with Crippen LogP contribution in [0.25, 0.3) is 11.4 Å². The van der Waals surface area contributed by atoms with Crippen molar-refractivity contribution in [1.29, 1.82) is 0 Å². The Labute approximate surface area is 161 Å². The lowest BCUT2D eigenvalue weighted by Gasteiger charge is -2.33. The molecule has 28 heavy (non-hydrogen) atoms. The first-order valence-corrected chi connectivity index (χ1v) is 9.39. The first kappa shape index (κ1) is 18.7. The summed E-state index contributed by atoms with van der Waals surface area (Å²) in [7, 11) is 0. The maximum Gasteiger partial charge on any atom is 0.264 e. The van der Waals surface area contributed by atoms with E-state index in [9.17, 15) is 8.78 Å². The Balaban J connectivity index is 1.75. The van der Waals surface area contributed by atoms with E-state index < -0.39 is 6.43 Å². The highest BCUT2D eigenvalue weighted by Gasteiger charge is 2.26. The molecule has 2 aromatic rings. The number of pyridine rings is 1. The van der Waals surface area contributed by atoms with E-state index in [4.69, 9.17) is 10.5 Å². The number of nitrogens with one attached hydrogen (secondary N) is 1. The third-order valence-corrected chi connectivity index (χ3v) is 4.93. The number of ether oxygens (including phenoxy) is 1. The van der Waals surface area contributed by atoms with Gasteiger partial charge in [-0.3, -0.25) is 0 Å². The molecular formula is C18H23F2N7O. The fourth-order valence-corrected chi connectivity index (χ4v) is 3.13. The second-order valence-electron chi connectivity index (χ2n) is 7.22. The first-order valence-electron chi connectivity index (χ1n) is 9.39. The summed E-state index contributed by atoms with van der Waals surface area (Å²) >= 11 is 0. The van der Waals surface area contributed by atoms with Crippen LogP contribution in [0.5, 0.6) is 0 Å². The minimum Gasteiger partial charge on any atom is -0.384 e. The van der Waals surface area contributed by atoms with E-state index >= 15 is 0 Å². The second-order valence-corrected chi connectivity index (χ2v) is 7.22. The van der Waals surface area contributed by atoms with Crippen LogP contribution in [0, 0.1) is 5.92 Å². The summed E-state index contributed by atoms with van der Waals surface area (Å²) < 4.78 is 32.6. The summed E-state index contributed by atoms with van der Waals surface area (Å²) in [6, 6.07) is 1.23. The fraction of sp³-hybridized carbons (Fsp3) is 0.556. The molecule has 1 aliphatic carbocycles. The van der Waals surface area contributed by atoms with E-state index in [1.54, 1.807) is 0 Å². The molecule has 2 fully saturated rings. The largest absolute Gasteiger partial charge is 0.384 e. The summed E-state index contributed by atoms with van der Waals surface area (Å²) in [6.45, 7) is 4.49. The molecule has 1 saturated carbocycles. The molecule has 2 aliphatic rings. The second kappa shape index (κ2) is 7.78. The molecule has 1 saturated heterocycles. The minimum atomic E-state index is -2.72. The summed E-state index contributed by atoms with van der Waals surface area (Å²) in [5.41, 5.74) is 5.51. The van der Waals surface area contributed by atoms with Crippen molar-refractivity contribution in [2.24, 2.45) is 5.92 Å². The van der Waals surface area contributed by atoms with Crippen LogP contribution in [-0.2, 0) is 4.74 Å². The van der Waals surface area contributed by atoms with Crippen LogP contribution in [0.3, 0.4) is 0 Å². The van der Waals surface area contributed by atoms with Gasteiger partial charge in [0.1, 0.15) is 5.82 Å². The lowest BCUT2D eigenvalue weighted by molar-refractivity contribution is 0.0981. The average molecular weight is 391 g/mol. The van der Waals surface area contributed by atoms with Gasteiger partial charge in [-0.25, -0.2) is 13.8 Å². The van der Waals surface area contributed by atoms with E-state index in [1.165, 1.54) is 19.0 Å². The molecule has 3 N–H and O–H groups in total. The maximum absolute atomic E-state index is 13.6. The molecule has 1 atom stereocenters. The molecule has 3 heterocycles. The summed E-state index contributed by atoms with van der Waals surface area (Å²) in [6.07, 6.45) is 0.931. The van der Waals surface area contributed by atoms with Gasteiger partial charge in [-0.2, -0.15) is 15.0 Å². The summed E-state index contributed by atoms with van der Waals surface area (Å²) in [5.74, 6) is 1.62. The van der Waals surface area contributed by atoms with E-state index in [0.29, 0.717) is 37.6 Å². The average Bonchev–Trinajstić information content (AvgIpc) is 3.51. The molecule has 2 aromatic heterocycles. The van der Waals surface area contributed by atoms with Crippen molar-refractivity contribution in [3.8, 4) is 11.4 Å². The third-order valence-electron chi connectivity index (χ3n) is 4.93. The molecular weight excluding hydrogens is 368 g/mol. The topological polar surface area (TPSA) is 102 Å². The first-order chi connectivity index (χ1) is 13.5. The smallest absolute Gasteiger partial charge is 0.264 e. The quantitative estimate of drug-likeness (QED) is 0.774. The van der Waals surface area contributed by atoms with Gasteiger partial charge in [0.05, 0.1) is 19.3 Å². The molecule has 150 valence electrons. The van der Waals surface area contributed by atoms with Crippen molar-refractivity contribution >= 4 is 17.7 Å². The van der Waals surface area contributed by atoms with Crippen LogP contribution in [0.4, 0.5) is 26.5 Å². The Morgan fingerprint density at radius 1 is 1.32 bits per heavy atom. The Kier molecular flexibility index (Phi) is 5.21. The molecule has 0 unspecified atom stereocenters. The number of alkyl halides is 2. The standard InChI is InChI=1S/C18H23F2N7O/c1-10-9-28-5-4-27(10)18-25-16(24-17(26-18)23-7-11-2-3-11)13-8-22-14(21)6-12(13)15(19)20/h6,8,10-11,15H,2-5,7,9H2,1H3,(H2,21,22)(H,23,24,25,26)/t10-/m1/s1. The van der Waals surface area contributed by atoms with Crippen LogP contribution in [0.2, 0.25) is 0 Å². The van der Waals surface area contributed by atoms with Gasteiger partial charge < -0.3 is 20.7 Å². The van der Waals surface area contributed by atoms with E-state index in [1.807, 2.05) is 11.8 Å². The highest BCUT2D eigenvalue weighted by molar-refractivity contribution is 5.64. The predicted molar refractivity (Wildman–Crippen MR) is 101 cm³/mol. The van der Waals surface area contributed by atoms with Crippen molar-refractivity contribution in [3.05, 3.63) is 17.8 Å². The zero-order valence-corrected chi connectivity index (χ0v) is 15.6. The normalized spacial score (nSPS) is 19.9. The number of anilines is 3. The van der Waals surface area contributed by atoms with Crippen molar-refractivity contribution in [1.82, 2.24) is 19.9 Å². The number of halogens is 2. The van der Waals surface area contributed by atoms with Crippen LogP contribution < -0.4 is 16.0 Å². The van der Waals surface area contributed by atoms with Gasteiger partial charge >= 0.3 is 0 Å². The van der Waals surface area contributed by atoms with Gasteiger partial charge in [-0.1, -0.05) is 0 Å². The molecule has 0 spiro atoms. The zero-order chi connectivity index (χ0) is 19.7. The van der Waals surface area contributed by atoms with Crippen molar-refractivity contribution in [2.45, 2.75) is 32.2 Å². The highest BCUT2D eigenvalue weighted by Crippen LogP contribution is 2.32. The van der Waals surface area contributed by atoms with Gasteiger partial charge in [0, 0.05) is 30.4 Å². The lowest BCUT2D eigenvalue weighted by Crippen LogP contribution is -2.44. The van der Waals surface area contributed by atoms with Gasteiger partial charge in [0.25, 0.3) is 6.43 Å². The molecule has 0 aromatic carbocycles. The highest BCUT2D eigenvalue weighted by atomic mass is 19.3. The summed E-state index contributed by atoms with van der Waals surface area (Å²) in [5, 5.41) is 3.22. The molecule has 10 heteroatoms. The number of rotatable bonds is 6. The minimum absolute atomic E-state index is 0.0298. The third kappa shape index (κ3) is 4.11. The van der Waals surface area contributed by atoms with E-state index in [0.717, 1.165) is 12.6 Å². The van der Waals surface area contributed by atoms with E-state index in [-0.39, 0.29) is 28.8 Å². The Morgan fingerprint density at radius 2 is 2.14 bits per heavy atom. The van der Waals surface area contributed by atoms with Gasteiger partial charge in [-0.05, 0) is 31.7 Å². The maximum atomic E-state index is 13.6. The Morgan fingerprint density at radius 3 is 2.86 bits per heavy atom. The lowest BCUT2D eigenvalue weighted by atomic mass is 10.1. The molecule has 0 radical (unpaired) electrons. The number of nitrogens with zero attached hydrogens (tertiary/aromatic N) is 5. The van der Waals surface area contributed by atoms with Crippen molar-refractivity contribution < 1.29 is 13.5 Å². The molecule has 8 nitrogen and oxygen atoms in total. The number of nitrogens with two attached hydrogens (primary N) is 1. The summed E-state index contributed by atoms with van der Waals surface area (Å²) in [4.78, 5) is 19.4. The SMILES string of the molecule is C[C@@H]1COCCN1c1nc(NCC2CC2)nc(-c2cnc(N)cc2C(F)F)n1. The number of nitrogen functional groups attached to an aromatic ring is 1. The fourth-order valence-electron chi connectivity index (χ4n) is 3.13.